The third-order valence-corrected chi connectivity index (χ3v) is 2.53. The van der Waals surface area contributed by atoms with Gasteiger partial charge in [-0.1, -0.05) is 12.2 Å². The van der Waals surface area contributed by atoms with E-state index >= 15 is 0 Å². The van der Waals surface area contributed by atoms with Gasteiger partial charge in [-0.3, -0.25) is 0 Å². The van der Waals surface area contributed by atoms with Crippen LogP contribution in [0.5, 0.6) is 0 Å². The fourth-order valence-corrected chi connectivity index (χ4v) is 1.69. The van der Waals surface area contributed by atoms with Crippen molar-refractivity contribution in [2.45, 2.75) is 12.5 Å². The normalized spacial score (nSPS) is 21.1. The van der Waals surface area contributed by atoms with Crippen LogP contribution in [0.25, 0.3) is 0 Å². The molecule has 0 aromatic carbocycles. The van der Waals surface area contributed by atoms with E-state index in [9.17, 15) is 0 Å². The second-order valence-electron chi connectivity index (χ2n) is 3.86. The summed E-state index contributed by atoms with van der Waals surface area (Å²) in [6.07, 6.45) is 7.68. The number of anilines is 1. The predicted octanol–water partition coefficient (Wildman–Crippen LogP) is 1.67. The van der Waals surface area contributed by atoms with Gasteiger partial charge in [0.15, 0.2) is 0 Å². The molecular weight excluding hydrogens is 174 g/mol. The van der Waals surface area contributed by atoms with Gasteiger partial charge in [-0.15, -0.1) is 0 Å². The van der Waals surface area contributed by atoms with Crippen molar-refractivity contribution in [2.24, 2.45) is 0 Å². The molecular formula is C11H17N3. The van der Waals surface area contributed by atoms with Crippen LogP contribution in [0.15, 0.2) is 24.4 Å². The van der Waals surface area contributed by atoms with Crippen LogP contribution < -0.4 is 10.2 Å². The molecule has 1 aliphatic rings. The molecule has 2 N–H and O–H groups in total. The van der Waals surface area contributed by atoms with Crippen molar-refractivity contribution < 1.29 is 0 Å². The van der Waals surface area contributed by atoms with Crippen LogP contribution in [0, 0.1) is 0 Å². The minimum absolute atomic E-state index is 0.383. The smallest absolute Gasteiger partial charge is 0.105 e. The average molecular weight is 191 g/mol. The molecule has 2 heterocycles. The van der Waals surface area contributed by atoms with E-state index < -0.39 is 0 Å². The molecule has 0 fully saturated rings. The van der Waals surface area contributed by atoms with Crippen LogP contribution in [0.1, 0.15) is 18.0 Å². The number of H-pyrrole nitrogens is 1. The average Bonchev–Trinajstić information content (AvgIpc) is 2.68. The first kappa shape index (κ1) is 9.34. The third kappa shape index (κ3) is 1.82. The Morgan fingerprint density at radius 1 is 1.43 bits per heavy atom. The van der Waals surface area contributed by atoms with E-state index in [1.807, 2.05) is 14.1 Å². The molecule has 2 rings (SSSR count). The van der Waals surface area contributed by atoms with E-state index in [1.165, 1.54) is 5.56 Å². The lowest BCUT2D eigenvalue weighted by Gasteiger charge is -2.17. The highest BCUT2D eigenvalue weighted by atomic mass is 15.1. The van der Waals surface area contributed by atoms with Crippen LogP contribution >= 0.6 is 0 Å². The summed E-state index contributed by atoms with van der Waals surface area (Å²) in [6.45, 7) is 1.07. The zero-order chi connectivity index (χ0) is 9.97. The quantitative estimate of drug-likeness (QED) is 0.697. The van der Waals surface area contributed by atoms with Gasteiger partial charge in [0.1, 0.15) is 5.82 Å². The molecule has 1 aliphatic heterocycles. The van der Waals surface area contributed by atoms with Crippen LogP contribution in [0.2, 0.25) is 0 Å². The lowest BCUT2D eigenvalue weighted by molar-refractivity contribution is 0.601. The Balaban J connectivity index is 2.15. The highest BCUT2D eigenvalue weighted by molar-refractivity contribution is 5.42. The van der Waals surface area contributed by atoms with Gasteiger partial charge in [-0.05, 0) is 24.6 Å². The number of nitrogens with one attached hydrogen (secondary N) is 2. The SMILES string of the molecule is CN(C)c1cc(C2C=CCCN2)c[nH]1. The number of rotatable bonds is 2. The Morgan fingerprint density at radius 3 is 2.86 bits per heavy atom. The topological polar surface area (TPSA) is 31.1 Å². The van der Waals surface area contributed by atoms with Gasteiger partial charge in [0.25, 0.3) is 0 Å². The minimum atomic E-state index is 0.383. The Labute approximate surface area is 84.8 Å². The molecule has 1 atom stereocenters. The first-order chi connectivity index (χ1) is 6.77. The maximum atomic E-state index is 3.46. The second-order valence-corrected chi connectivity index (χ2v) is 3.86. The molecule has 76 valence electrons. The summed E-state index contributed by atoms with van der Waals surface area (Å²) in [5, 5.41) is 3.46. The van der Waals surface area contributed by atoms with Crippen LogP contribution in [-0.2, 0) is 0 Å². The fourth-order valence-electron chi connectivity index (χ4n) is 1.69. The minimum Gasteiger partial charge on any atom is -0.364 e. The van der Waals surface area contributed by atoms with Crippen LogP contribution in [-0.4, -0.2) is 25.6 Å². The van der Waals surface area contributed by atoms with Crippen molar-refractivity contribution >= 4 is 5.82 Å². The van der Waals surface area contributed by atoms with Gasteiger partial charge < -0.3 is 15.2 Å². The summed E-state index contributed by atoms with van der Waals surface area (Å²) < 4.78 is 0. The van der Waals surface area contributed by atoms with E-state index in [-0.39, 0.29) is 0 Å². The highest BCUT2D eigenvalue weighted by Gasteiger charge is 2.11. The number of aromatic nitrogens is 1. The standard InChI is InChI=1S/C11H17N3/c1-14(2)11-7-9(8-13-11)10-5-3-4-6-12-10/h3,5,7-8,10,12-13H,4,6H2,1-2H3. The zero-order valence-electron chi connectivity index (χ0n) is 8.75. The molecule has 3 heteroatoms. The van der Waals surface area contributed by atoms with E-state index in [1.54, 1.807) is 0 Å². The molecule has 3 nitrogen and oxygen atoms in total. The molecule has 14 heavy (non-hydrogen) atoms. The molecule has 0 saturated heterocycles. The van der Waals surface area contributed by atoms with Crippen molar-refractivity contribution in [3.63, 3.8) is 0 Å². The molecule has 1 unspecified atom stereocenters. The molecule has 0 aliphatic carbocycles. The third-order valence-electron chi connectivity index (χ3n) is 2.53. The lowest BCUT2D eigenvalue weighted by atomic mass is 10.1. The maximum Gasteiger partial charge on any atom is 0.105 e. The largest absolute Gasteiger partial charge is 0.364 e. The zero-order valence-corrected chi connectivity index (χ0v) is 8.75. The van der Waals surface area contributed by atoms with Gasteiger partial charge >= 0.3 is 0 Å². The van der Waals surface area contributed by atoms with Crippen molar-refractivity contribution in [1.29, 1.82) is 0 Å². The molecule has 0 saturated carbocycles. The van der Waals surface area contributed by atoms with Gasteiger partial charge in [0.05, 0.1) is 6.04 Å². The molecule has 0 radical (unpaired) electrons. The number of aromatic amines is 1. The number of hydrogen-bond acceptors (Lipinski definition) is 2. The van der Waals surface area contributed by atoms with E-state index in [0.717, 1.165) is 18.8 Å². The van der Waals surface area contributed by atoms with Crippen molar-refractivity contribution in [1.82, 2.24) is 10.3 Å². The fraction of sp³-hybridized carbons (Fsp3) is 0.455. The Morgan fingerprint density at radius 2 is 2.29 bits per heavy atom. The van der Waals surface area contributed by atoms with Crippen molar-refractivity contribution in [3.8, 4) is 0 Å². The second kappa shape index (κ2) is 3.88. The first-order valence-corrected chi connectivity index (χ1v) is 5.03. The van der Waals surface area contributed by atoms with Crippen LogP contribution in [0.4, 0.5) is 5.82 Å². The van der Waals surface area contributed by atoms with Crippen molar-refractivity contribution in [3.05, 3.63) is 30.0 Å². The highest BCUT2D eigenvalue weighted by Crippen LogP contribution is 2.21. The lowest BCUT2D eigenvalue weighted by Crippen LogP contribution is -2.22. The monoisotopic (exact) mass is 191 g/mol. The Hall–Kier alpha value is -1.22. The van der Waals surface area contributed by atoms with Gasteiger partial charge in [0.2, 0.25) is 0 Å². The summed E-state index contributed by atoms with van der Waals surface area (Å²) in [5.74, 6) is 1.15. The van der Waals surface area contributed by atoms with Gasteiger partial charge in [-0.25, -0.2) is 0 Å². The molecule has 1 aromatic rings. The number of nitrogens with zero attached hydrogens (tertiary/aromatic N) is 1. The van der Waals surface area contributed by atoms with Gasteiger partial charge in [0, 0.05) is 20.3 Å². The summed E-state index contributed by atoms with van der Waals surface area (Å²) >= 11 is 0. The summed E-state index contributed by atoms with van der Waals surface area (Å²) in [5.41, 5.74) is 1.31. The molecule has 1 aromatic heterocycles. The summed E-state index contributed by atoms with van der Waals surface area (Å²) in [6, 6.07) is 2.57. The molecule has 0 spiro atoms. The Kier molecular flexibility index (Phi) is 2.59. The summed E-state index contributed by atoms with van der Waals surface area (Å²) in [4.78, 5) is 5.33. The Bertz CT molecular complexity index is 325. The van der Waals surface area contributed by atoms with Gasteiger partial charge in [-0.2, -0.15) is 0 Å². The van der Waals surface area contributed by atoms with E-state index in [4.69, 9.17) is 0 Å². The maximum absolute atomic E-state index is 3.46. The van der Waals surface area contributed by atoms with E-state index in [0.29, 0.717) is 6.04 Å². The molecule has 0 amide bonds. The number of hydrogen-bond donors (Lipinski definition) is 2. The van der Waals surface area contributed by atoms with Crippen LogP contribution in [0.3, 0.4) is 0 Å². The van der Waals surface area contributed by atoms with E-state index in [2.05, 4.69) is 39.6 Å². The predicted molar refractivity (Wildman–Crippen MR) is 59.6 cm³/mol. The van der Waals surface area contributed by atoms with Crippen molar-refractivity contribution in [2.75, 3.05) is 25.5 Å². The first-order valence-electron chi connectivity index (χ1n) is 5.03. The molecule has 0 bridgehead atoms. The summed E-state index contributed by atoms with van der Waals surface area (Å²) in [7, 11) is 4.08.